The molecule has 0 saturated carbocycles. The number of carbonyl (C=O) groups is 2. The minimum atomic E-state index is -1.07. The highest BCUT2D eigenvalue weighted by atomic mass is 16.4. The van der Waals surface area contributed by atoms with E-state index in [0.29, 0.717) is 5.69 Å². The zero-order valence-electron chi connectivity index (χ0n) is 9.43. The first-order chi connectivity index (χ1) is 7.90. The number of rotatable bonds is 5. The molecule has 0 aliphatic heterocycles. The first-order valence-electron chi connectivity index (χ1n) is 5.08. The second-order valence-corrected chi connectivity index (χ2v) is 3.82. The Balaban J connectivity index is 2.77. The van der Waals surface area contributed by atoms with Crippen molar-refractivity contribution in [2.24, 2.45) is 5.73 Å². The average Bonchev–Trinajstić information content (AvgIpc) is 2.15. The predicted octanol–water partition coefficient (Wildman–Crippen LogP) is 0.643. The normalized spacial score (nSPS) is 11.8. The summed E-state index contributed by atoms with van der Waals surface area (Å²) in [5.41, 5.74) is 11.5. The van der Waals surface area contributed by atoms with Gasteiger partial charge in [0, 0.05) is 23.8 Å². The van der Waals surface area contributed by atoms with E-state index in [-0.39, 0.29) is 23.7 Å². The summed E-state index contributed by atoms with van der Waals surface area (Å²) in [6.07, 6.45) is 0.195. The largest absolute Gasteiger partial charge is 0.478 e. The van der Waals surface area contributed by atoms with Crippen LogP contribution in [0.3, 0.4) is 0 Å². The fraction of sp³-hybridized carbons (Fsp3) is 0.273. The molecule has 1 aromatic rings. The zero-order valence-corrected chi connectivity index (χ0v) is 9.43. The number of hydrogen-bond donors (Lipinski definition) is 4. The van der Waals surface area contributed by atoms with Gasteiger partial charge >= 0.3 is 5.97 Å². The van der Waals surface area contributed by atoms with Crippen LogP contribution >= 0.6 is 0 Å². The summed E-state index contributed by atoms with van der Waals surface area (Å²) in [5, 5.41) is 11.8. The molecule has 1 rings (SSSR count). The van der Waals surface area contributed by atoms with Gasteiger partial charge in [-0.05, 0) is 25.1 Å². The molecule has 0 heterocycles. The van der Waals surface area contributed by atoms with E-state index in [2.05, 4.69) is 5.32 Å². The minimum absolute atomic E-state index is 0.0538. The summed E-state index contributed by atoms with van der Waals surface area (Å²) in [4.78, 5) is 21.4. The molecule has 1 amide bonds. The highest BCUT2D eigenvalue weighted by Gasteiger charge is 2.10. The lowest BCUT2D eigenvalue weighted by Gasteiger charge is -2.14. The Labute approximate surface area is 98.6 Å². The van der Waals surface area contributed by atoms with Gasteiger partial charge in [-0.1, -0.05) is 0 Å². The lowest BCUT2D eigenvalue weighted by atomic mass is 10.1. The molecule has 6 N–H and O–H groups in total. The number of carboxylic acids is 1. The number of nitrogens with one attached hydrogen (secondary N) is 1. The number of amides is 1. The molecule has 1 atom stereocenters. The van der Waals surface area contributed by atoms with Crippen LogP contribution in [0.15, 0.2) is 18.2 Å². The molecular formula is C11H15N3O3. The van der Waals surface area contributed by atoms with Crippen molar-refractivity contribution >= 4 is 23.3 Å². The molecule has 1 aromatic carbocycles. The third-order valence-electron chi connectivity index (χ3n) is 2.20. The van der Waals surface area contributed by atoms with E-state index in [4.69, 9.17) is 16.6 Å². The summed E-state index contributed by atoms with van der Waals surface area (Å²) in [7, 11) is 0. The summed E-state index contributed by atoms with van der Waals surface area (Å²) >= 11 is 0. The van der Waals surface area contributed by atoms with Gasteiger partial charge in [0.15, 0.2) is 0 Å². The van der Waals surface area contributed by atoms with Gasteiger partial charge in [-0.3, -0.25) is 4.79 Å². The number of hydrogen-bond acceptors (Lipinski definition) is 4. The lowest BCUT2D eigenvalue weighted by Crippen LogP contribution is -2.24. The number of anilines is 2. The molecule has 1 unspecified atom stereocenters. The topological polar surface area (TPSA) is 118 Å². The maximum absolute atomic E-state index is 10.7. The van der Waals surface area contributed by atoms with E-state index < -0.39 is 11.9 Å². The van der Waals surface area contributed by atoms with Crippen molar-refractivity contribution in [3.05, 3.63) is 23.8 Å². The number of benzene rings is 1. The molecule has 17 heavy (non-hydrogen) atoms. The van der Waals surface area contributed by atoms with Crippen LogP contribution in [0.1, 0.15) is 23.7 Å². The van der Waals surface area contributed by atoms with Crippen LogP contribution in [0, 0.1) is 0 Å². The maximum atomic E-state index is 10.7. The number of carbonyl (C=O) groups excluding carboxylic acids is 1. The van der Waals surface area contributed by atoms with Crippen LogP contribution in [0.4, 0.5) is 11.4 Å². The summed E-state index contributed by atoms with van der Waals surface area (Å²) in [5.74, 6) is -1.47. The Morgan fingerprint density at radius 3 is 2.59 bits per heavy atom. The van der Waals surface area contributed by atoms with Gasteiger partial charge in [0.1, 0.15) is 0 Å². The number of nitrogen functional groups attached to an aromatic ring is 1. The van der Waals surface area contributed by atoms with Crippen LogP contribution in [0.2, 0.25) is 0 Å². The van der Waals surface area contributed by atoms with Crippen molar-refractivity contribution in [3.63, 3.8) is 0 Å². The molecule has 0 spiro atoms. The molecule has 0 bridgehead atoms. The number of carboxylic acid groups (broad SMARTS) is 1. The molecule has 0 radical (unpaired) electrons. The van der Waals surface area contributed by atoms with E-state index >= 15 is 0 Å². The quantitative estimate of drug-likeness (QED) is 0.560. The molecule has 0 saturated heterocycles. The smallest absolute Gasteiger partial charge is 0.337 e. The fourth-order valence-corrected chi connectivity index (χ4v) is 1.48. The number of primary amides is 1. The monoisotopic (exact) mass is 237 g/mol. The van der Waals surface area contributed by atoms with Crippen molar-refractivity contribution in [2.45, 2.75) is 19.4 Å². The van der Waals surface area contributed by atoms with Crippen LogP contribution < -0.4 is 16.8 Å². The van der Waals surface area contributed by atoms with Crippen molar-refractivity contribution < 1.29 is 14.7 Å². The van der Waals surface area contributed by atoms with E-state index in [1.165, 1.54) is 12.1 Å². The summed E-state index contributed by atoms with van der Waals surface area (Å²) in [6.45, 7) is 1.80. The van der Waals surface area contributed by atoms with Gasteiger partial charge in [-0.25, -0.2) is 4.79 Å². The zero-order chi connectivity index (χ0) is 13.0. The van der Waals surface area contributed by atoms with Gasteiger partial charge in [0.05, 0.1) is 5.56 Å². The van der Waals surface area contributed by atoms with Crippen LogP contribution in [-0.4, -0.2) is 23.0 Å². The SMILES string of the molecule is CC(CC(N)=O)Nc1ccc(C(=O)O)c(N)c1. The Bertz CT molecular complexity index is 446. The van der Waals surface area contributed by atoms with E-state index in [9.17, 15) is 9.59 Å². The van der Waals surface area contributed by atoms with Crippen LogP contribution in [-0.2, 0) is 4.79 Å². The molecular weight excluding hydrogens is 222 g/mol. The molecule has 92 valence electrons. The van der Waals surface area contributed by atoms with Gasteiger partial charge in [0.25, 0.3) is 0 Å². The number of aromatic carboxylic acids is 1. The standard InChI is InChI=1S/C11H15N3O3/c1-6(4-10(13)15)14-7-2-3-8(11(16)17)9(12)5-7/h2-3,5-6,14H,4,12H2,1H3,(H2,13,15)(H,16,17). The van der Waals surface area contributed by atoms with Crippen molar-refractivity contribution in [1.82, 2.24) is 0 Å². The van der Waals surface area contributed by atoms with Crippen molar-refractivity contribution in [3.8, 4) is 0 Å². The van der Waals surface area contributed by atoms with E-state index in [1.54, 1.807) is 13.0 Å². The Morgan fingerprint density at radius 2 is 2.12 bits per heavy atom. The summed E-state index contributed by atoms with van der Waals surface area (Å²) in [6, 6.07) is 4.39. The third-order valence-corrected chi connectivity index (χ3v) is 2.20. The minimum Gasteiger partial charge on any atom is -0.478 e. The average molecular weight is 237 g/mol. The Kier molecular flexibility index (Phi) is 3.92. The molecule has 0 aromatic heterocycles. The fourth-order valence-electron chi connectivity index (χ4n) is 1.48. The van der Waals surface area contributed by atoms with Gasteiger partial charge in [-0.2, -0.15) is 0 Å². The van der Waals surface area contributed by atoms with Crippen molar-refractivity contribution in [2.75, 3.05) is 11.1 Å². The Morgan fingerprint density at radius 1 is 1.47 bits per heavy atom. The summed E-state index contributed by atoms with van der Waals surface area (Å²) < 4.78 is 0. The first kappa shape index (κ1) is 12.8. The Hall–Kier alpha value is -2.24. The highest BCUT2D eigenvalue weighted by molar-refractivity contribution is 5.94. The first-order valence-corrected chi connectivity index (χ1v) is 5.08. The van der Waals surface area contributed by atoms with Gasteiger partial charge in [0.2, 0.25) is 5.91 Å². The predicted molar refractivity (Wildman–Crippen MR) is 64.7 cm³/mol. The third kappa shape index (κ3) is 3.67. The molecule has 6 nitrogen and oxygen atoms in total. The van der Waals surface area contributed by atoms with Crippen LogP contribution in [0.25, 0.3) is 0 Å². The number of nitrogens with two attached hydrogens (primary N) is 2. The van der Waals surface area contributed by atoms with E-state index in [0.717, 1.165) is 0 Å². The highest BCUT2D eigenvalue weighted by Crippen LogP contribution is 2.19. The van der Waals surface area contributed by atoms with Crippen LogP contribution in [0.5, 0.6) is 0 Å². The molecule has 0 aliphatic carbocycles. The second kappa shape index (κ2) is 5.20. The molecule has 6 heteroatoms. The lowest BCUT2D eigenvalue weighted by molar-refractivity contribution is -0.118. The molecule has 0 aliphatic rings. The van der Waals surface area contributed by atoms with E-state index in [1.807, 2.05) is 0 Å². The second-order valence-electron chi connectivity index (χ2n) is 3.82. The maximum Gasteiger partial charge on any atom is 0.337 e. The van der Waals surface area contributed by atoms with Gasteiger partial charge < -0.3 is 21.9 Å². The molecule has 0 fully saturated rings. The van der Waals surface area contributed by atoms with Gasteiger partial charge in [-0.15, -0.1) is 0 Å². The van der Waals surface area contributed by atoms with Crippen molar-refractivity contribution in [1.29, 1.82) is 0 Å².